The molecule has 4 heteroatoms. The van der Waals surface area contributed by atoms with E-state index in [0.29, 0.717) is 0 Å². The molecule has 3 heterocycles. The molecule has 13 aromatic rings. The van der Waals surface area contributed by atoms with E-state index in [1.54, 1.807) is 0 Å². The summed E-state index contributed by atoms with van der Waals surface area (Å²) in [5.74, 6) is 0. The minimum Gasteiger partial charge on any atom is -0.456 e. The lowest BCUT2D eigenvalue weighted by atomic mass is 9.97. The van der Waals surface area contributed by atoms with Gasteiger partial charge in [0.05, 0.1) is 5.69 Å². The first-order valence-electron chi connectivity index (χ1n) is 21.0. The van der Waals surface area contributed by atoms with Crippen molar-refractivity contribution in [1.82, 2.24) is 0 Å². The number of benzene rings is 10. The van der Waals surface area contributed by atoms with Crippen LogP contribution >= 0.6 is 0 Å². The Morgan fingerprint density at radius 3 is 1.47 bits per heavy atom. The number of furan rings is 3. The van der Waals surface area contributed by atoms with Gasteiger partial charge in [0.2, 0.25) is 0 Å². The van der Waals surface area contributed by atoms with Gasteiger partial charge in [-0.1, -0.05) is 133 Å². The van der Waals surface area contributed by atoms with Crippen LogP contribution in [0.25, 0.3) is 110 Å². The molecule has 0 spiro atoms. The van der Waals surface area contributed by atoms with Crippen molar-refractivity contribution in [2.75, 3.05) is 4.90 Å². The lowest BCUT2D eigenvalue weighted by Crippen LogP contribution is -2.11. The maximum atomic E-state index is 6.93. The van der Waals surface area contributed by atoms with Crippen molar-refractivity contribution >= 4 is 93.7 Å². The Hall–Kier alpha value is -8.34. The van der Waals surface area contributed by atoms with Crippen molar-refractivity contribution in [2.45, 2.75) is 0 Å². The fourth-order valence-corrected chi connectivity index (χ4v) is 9.41. The number of nitrogens with zero attached hydrogens (tertiary/aromatic N) is 1. The van der Waals surface area contributed by atoms with E-state index in [1.807, 2.05) is 30.3 Å². The predicted molar refractivity (Wildman–Crippen MR) is 257 cm³/mol. The Morgan fingerprint density at radius 2 is 0.758 bits per heavy atom. The lowest BCUT2D eigenvalue weighted by molar-refractivity contribution is 0.668. The highest BCUT2D eigenvalue weighted by Gasteiger charge is 2.25. The summed E-state index contributed by atoms with van der Waals surface area (Å²) in [5.41, 5.74) is 14.7. The molecule has 0 atom stereocenters. The third-order valence-corrected chi connectivity index (χ3v) is 12.5. The van der Waals surface area contributed by atoms with Crippen LogP contribution in [0, 0.1) is 0 Å². The molecule has 0 aliphatic heterocycles. The topological polar surface area (TPSA) is 42.7 Å². The predicted octanol–water partition coefficient (Wildman–Crippen LogP) is 17.0. The lowest BCUT2D eigenvalue weighted by Gasteiger charge is -2.28. The largest absolute Gasteiger partial charge is 0.456 e. The summed E-state index contributed by atoms with van der Waals surface area (Å²) in [6.45, 7) is 0. The van der Waals surface area contributed by atoms with Gasteiger partial charge >= 0.3 is 0 Å². The minimum absolute atomic E-state index is 0.813. The number of anilines is 3. The Morgan fingerprint density at radius 1 is 0.274 bits per heavy atom. The first-order valence-corrected chi connectivity index (χ1v) is 21.0. The van der Waals surface area contributed by atoms with Crippen molar-refractivity contribution in [1.29, 1.82) is 0 Å². The maximum Gasteiger partial charge on any atom is 0.160 e. The Kier molecular flexibility index (Phi) is 7.57. The summed E-state index contributed by atoms with van der Waals surface area (Å²) in [6.07, 6.45) is 0. The van der Waals surface area contributed by atoms with Crippen LogP contribution < -0.4 is 4.90 Å². The van der Waals surface area contributed by atoms with Gasteiger partial charge in [-0.15, -0.1) is 0 Å². The van der Waals surface area contributed by atoms with Gasteiger partial charge in [-0.3, -0.25) is 0 Å². The molecule has 62 heavy (non-hydrogen) atoms. The Labute approximate surface area is 356 Å². The molecule has 0 radical (unpaired) electrons. The van der Waals surface area contributed by atoms with E-state index in [1.165, 1.54) is 16.3 Å². The summed E-state index contributed by atoms with van der Waals surface area (Å²) >= 11 is 0. The second kappa shape index (κ2) is 13.6. The van der Waals surface area contributed by atoms with Gasteiger partial charge < -0.3 is 18.2 Å². The molecule has 0 amide bonds. The molecule has 0 fully saturated rings. The Balaban J connectivity index is 1.02. The van der Waals surface area contributed by atoms with Crippen molar-refractivity contribution in [3.63, 3.8) is 0 Å². The molecular weight excluding hydrogens is 759 g/mol. The second-order valence-electron chi connectivity index (χ2n) is 16.0. The molecular formula is C58H35NO3. The third kappa shape index (κ3) is 5.47. The maximum absolute atomic E-state index is 6.93. The van der Waals surface area contributed by atoms with E-state index < -0.39 is 0 Å². The van der Waals surface area contributed by atoms with Crippen LogP contribution in [0.5, 0.6) is 0 Å². The summed E-state index contributed by atoms with van der Waals surface area (Å²) in [6, 6.07) is 75.2. The van der Waals surface area contributed by atoms with Crippen LogP contribution in [-0.2, 0) is 0 Å². The second-order valence-corrected chi connectivity index (χ2v) is 16.0. The van der Waals surface area contributed by atoms with Crippen LogP contribution in [0.2, 0.25) is 0 Å². The van der Waals surface area contributed by atoms with Gasteiger partial charge in [0.25, 0.3) is 0 Å². The normalized spacial score (nSPS) is 11.9. The van der Waals surface area contributed by atoms with E-state index in [-0.39, 0.29) is 0 Å². The minimum atomic E-state index is 0.813. The number of rotatable bonds is 6. The van der Waals surface area contributed by atoms with Crippen molar-refractivity contribution in [3.05, 3.63) is 212 Å². The standard InChI is InChI=1S/C58H35NO3/c1-2-10-39-33-40(18-17-36(39)9-1)37-19-25-43(26-20-37)59(44-27-21-38(22-28-44)41-24-32-55-51(34-41)48-13-5-7-15-53(48)60-55)57-45(30-31-50-47-12-4-8-16-54(47)62-58(50)57)42-23-29-49-46-11-3-6-14-52(46)61-56(49)35-42/h1-35H. The number of hydrogen-bond acceptors (Lipinski definition) is 4. The van der Waals surface area contributed by atoms with Gasteiger partial charge in [-0.2, -0.15) is 0 Å². The molecule has 0 N–H and O–H groups in total. The molecule has 290 valence electrons. The fourth-order valence-electron chi connectivity index (χ4n) is 9.41. The van der Waals surface area contributed by atoms with Crippen LogP contribution in [0.1, 0.15) is 0 Å². The third-order valence-electron chi connectivity index (χ3n) is 12.5. The number of fused-ring (bicyclic) bond motifs is 10. The Bertz CT molecular complexity index is 3870. The molecule has 0 aliphatic rings. The zero-order chi connectivity index (χ0) is 40.7. The van der Waals surface area contributed by atoms with Gasteiger partial charge in [0.1, 0.15) is 27.9 Å². The molecule has 4 nitrogen and oxygen atoms in total. The highest BCUT2D eigenvalue weighted by atomic mass is 16.3. The average Bonchev–Trinajstić information content (AvgIpc) is 4.03. The molecule has 0 bridgehead atoms. The van der Waals surface area contributed by atoms with Crippen LogP contribution in [0.15, 0.2) is 226 Å². The van der Waals surface area contributed by atoms with Crippen molar-refractivity contribution < 1.29 is 13.3 Å². The molecule has 3 aromatic heterocycles. The number of para-hydroxylation sites is 3. The fraction of sp³-hybridized carbons (Fsp3) is 0. The molecule has 0 unspecified atom stereocenters. The number of hydrogen-bond donors (Lipinski definition) is 0. The molecule has 13 rings (SSSR count). The van der Waals surface area contributed by atoms with E-state index in [0.717, 1.165) is 111 Å². The van der Waals surface area contributed by atoms with Crippen molar-refractivity contribution in [3.8, 4) is 33.4 Å². The van der Waals surface area contributed by atoms with E-state index in [9.17, 15) is 0 Å². The van der Waals surface area contributed by atoms with Gasteiger partial charge in [0.15, 0.2) is 5.58 Å². The first kappa shape index (κ1) is 34.5. The summed E-state index contributed by atoms with van der Waals surface area (Å²) in [7, 11) is 0. The van der Waals surface area contributed by atoms with Gasteiger partial charge in [0, 0.05) is 49.3 Å². The van der Waals surface area contributed by atoms with E-state index in [2.05, 4.69) is 187 Å². The van der Waals surface area contributed by atoms with Crippen LogP contribution in [-0.4, -0.2) is 0 Å². The quantitative estimate of drug-likeness (QED) is 0.168. The summed E-state index contributed by atoms with van der Waals surface area (Å²) in [4.78, 5) is 2.35. The molecule has 0 saturated carbocycles. The van der Waals surface area contributed by atoms with E-state index in [4.69, 9.17) is 13.3 Å². The van der Waals surface area contributed by atoms with Crippen molar-refractivity contribution in [2.24, 2.45) is 0 Å². The van der Waals surface area contributed by atoms with Gasteiger partial charge in [-0.05, 0) is 117 Å². The highest BCUT2D eigenvalue weighted by molar-refractivity contribution is 6.15. The molecule has 0 aliphatic carbocycles. The SMILES string of the molecule is c1ccc2cc(-c3ccc(N(c4ccc(-c5ccc6oc7ccccc7c6c5)cc4)c4c(-c5ccc6c(c5)oc5ccccc56)ccc5c4oc4ccccc45)cc3)ccc2c1. The zero-order valence-corrected chi connectivity index (χ0v) is 33.4. The van der Waals surface area contributed by atoms with Gasteiger partial charge in [-0.25, -0.2) is 0 Å². The monoisotopic (exact) mass is 793 g/mol. The smallest absolute Gasteiger partial charge is 0.160 e. The summed E-state index contributed by atoms with van der Waals surface area (Å²) < 4.78 is 19.6. The molecule has 10 aromatic carbocycles. The molecule has 0 saturated heterocycles. The van der Waals surface area contributed by atoms with E-state index >= 15 is 0 Å². The average molecular weight is 794 g/mol. The zero-order valence-electron chi connectivity index (χ0n) is 33.4. The van der Waals surface area contributed by atoms with Crippen LogP contribution in [0.3, 0.4) is 0 Å². The highest BCUT2D eigenvalue weighted by Crippen LogP contribution is 2.49. The first-order chi connectivity index (χ1) is 30.7. The van der Waals surface area contributed by atoms with Crippen LogP contribution in [0.4, 0.5) is 17.1 Å². The summed E-state index contributed by atoms with van der Waals surface area (Å²) in [5, 5.41) is 9.01.